The van der Waals surface area contributed by atoms with Gasteiger partial charge in [0.15, 0.2) is 0 Å². The van der Waals surface area contributed by atoms with Gasteiger partial charge in [-0.15, -0.1) is 0 Å². The molecule has 0 aromatic heterocycles. The van der Waals surface area contributed by atoms with Crippen molar-refractivity contribution in [2.45, 2.75) is 19.8 Å². The van der Waals surface area contributed by atoms with Crippen LogP contribution in [0.3, 0.4) is 0 Å². The lowest BCUT2D eigenvalue weighted by molar-refractivity contribution is -0.133. The first-order valence-electron chi connectivity index (χ1n) is 7.49. The van der Waals surface area contributed by atoms with Crippen LogP contribution < -0.4 is 16.4 Å². The summed E-state index contributed by atoms with van der Waals surface area (Å²) in [5, 5.41) is 5.09. The van der Waals surface area contributed by atoms with Gasteiger partial charge in [-0.05, 0) is 41.8 Å². The Hall–Kier alpha value is -3.15. The maximum atomic E-state index is 12.1. The van der Waals surface area contributed by atoms with Crippen molar-refractivity contribution in [1.29, 1.82) is 0 Å². The zero-order valence-electron chi connectivity index (χ0n) is 13.5. The minimum absolute atomic E-state index is 0.214. The number of carbonyl (C=O) groups excluding carboxylic acids is 3. The highest BCUT2D eigenvalue weighted by atomic mass is 16.2. The minimum atomic E-state index is -0.791. The van der Waals surface area contributed by atoms with Crippen LogP contribution >= 0.6 is 0 Å². The topological polar surface area (TPSA) is 101 Å². The summed E-state index contributed by atoms with van der Waals surface area (Å²) in [6.45, 7) is 4.01. The van der Waals surface area contributed by atoms with E-state index in [-0.39, 0.29) is 5.92 Å². The van der Waals surface area contributed by atoms with Crippen LogP contribution in [-0.4, -0.2) is 17.7 Å². The van der Waals surface area contributed by atoms with E-state index in [1.807, 2.05) is 26.0 Å². The molecule has 0 radical (unpaired) electrons. The molecule has 0 aliphatic carbocycles. The summed E-state index contributed by atoms with van der Waals surface area (Å²) in [5.74, 6) is -1.90. The van der Waals surface area contributed by atoms with Crippen molar-refractivity contribution >= 4 is 29.1 Å². The second kappa shape index (κ2) is 7.41. The molecule has 24 heavy (non-hydrogen) atoms. The van der Waals surface area contributed by atoms with Gasteiger partial charge in [0.25, 0.3) is 0 Å². The van der Waals surface area contributed by atoms with E-state index in [2.05, 4.69) is 10.6 Å². The number of nitrogens with two attached hydrogens (primary N) is 1. The van der Waals surface area contributed by atoms with Gasteiger partial charge in [-0.2, -0.15) is 0 Å². The molecule has 0 aliphatic rings. The fourth-order valence-electron chi connectivity index (χ4n) is 2.20. The van der Waals surface area contributed by atoms with E-state index in [0.29, 0.717) is 16.9 Å². The highest BCUT2D eigenvalue weighted by molar-refractivity contribution is 6.43. The van der Waals surface area contributed by atoms with Gasteiger partial charge >= 0.3 is 11.8 Å². The summed E-state index contributed by atoms with van der Waals surface area (Å²) in [6.07, 6.45) is 0. The molecular formula is C18H19N3O3. The van der Waals surface area contributed by atoms with Gasteiger partial charge in [-0.1, -0.05) is 32.0 Å². The predicted molar refractivity (Wildman–Crippen MR) is 92.8 cm³/mol. The third-order valence-corrected chi connectivity index (χ3v) is 3.46. The molecule has 0 bridgehead atoms. The average Bonchev–Trinajstić information content (AvgIpc) is 2.55. The van der Waals surface area contributed by atoms with Crippen molar-refractivity contribution in [3.63, 3.8) is 0 Å². The molecule has 2 aromatic rings. The number of amides is 3. The average molecular weight is 325 g/mol. The van der Waals surface area contributed by atoms with E-state index in [0.717, 1.165) is 5.56 Å². The largest absolute Gasteiger partial charge is 0.366 e. The number of hydrogen-bond donors (Lipinski definition) is 3. The standard InChI is InChI=1S/C18H19N3O3/c1-11(2)14-5-3-4-6-15(14)21-18(24)17(23)20-13-9-7-12(8-10-13)16(19)22/h3-11H,1-2H3,(H2,19,22)(H,20,23)(H,21,24). The van der Waals surface area contributed by atoms with E-state index in [9.17, 15) is 14.4 Å². The fraction of sp³-hybridized carbons (Fsp3) is 0.167. The number of carbonyl (C=O) groups is 3. The molecule has 0 saturated carbocycles. The molecule has 6 heteroatoms. The number of para-hydroxylation sites is 1. The smallest absolute Gasteiger partial charge is 0.314 e. The maximum absolute atomic E-state index is 12.1. The van der Waals surface area contributed by atoms with E-state index in [4.69, 9.17) is 5.73 Å². The molecule has 0 unspecified atom stereocenters. The first-order chi connectivity index (χ1) is 11.4. The van der Waals surface area contributed by atoms with Gasteiger partial charge < -0.3 is 16.4 Å². The Morgan fingerprint density at radius 1 is 0.875 bits per heavy atom. The molecule has 4 N–H and O–H groups in total. The van der Waals surface area contributed by atoms with Crippen molar-refractivity contribution in [2.75, 3.05) is 10.6 Å². The molecule has 2 aromatic carbocycles. The van der Waals surface area contributed by atoms with Gasteiger partial charge in [0.05, 0.1) is 0 Å². The number of primary amides is 1. The fourth-order valence-corrected chi connectivity index (χ4v) is 2.20. The van der Waals surface area contributed by atoms with Crippen LogP contribution in [0.5, 0.6) is 0 Å². The van der Waals surface area contributed by atoms with Crippen LogP contribution in [0.25, 0.3) is 0 Å². The minimum Gasteiger partial charge on any atom is -0.366 e. The molecule has 0 atom stereocenters. The third kappa shape index (κ3) is 4.19. The first kappa shape index (κ1) is 17.2. The molecule has 6 nitrogen and oxygen atoms in total. The van der Waals surface area contributed by atoms with Crippen LogP contribution in [-0.2, 0) is 9.59 Å². The normalized spacial score (nSPS) is 10.3. The summed E-state index contributed by atoms with van der Waals surface area (Å²) >= 11 is 0. The van der Waals surface area contributed by atoms with E-state index >= 15 is 0 Å². The molecule has 0 spiro atoms. The lowest BCUT2D eigenvalue weighted by atomic mass is 10.0. The zero-order valence-corrected chi connectivity index (χ0v) is 13.5. The van der Waals surface area contributed by atoms with Gasteiger partial charge in [-0.25, -0.2) is 0 Å². The van der Waals surface area contributed by atoms with E-state index < -0.39 is 17.7 Å². The van der Waals surface area contributed by atoms with Crippen molar-refractivity contribution in [1.82, 2.24) is 0 Å². The Bertz CT molecular complexity index is 767. The zero-order chi connectivity index (χ0) is 17.7. The number of anilines is 2. The Labute approximate surface area is 140 Å². The first-order valence-corrected chi connectivity index (χ1v) is 7.49. The number of hydrogen-bond acceptors (Lipinski definition) is 3. The van der Waals surface area contributed by atoms with E-state index in [1.54, 1.807) is 12.1 Å². The molecule has 0 aliphatic heterocycles. The Morgan fingerprint density at radius 2 is 1.46 bits per heavy atom. The monoisotopic (exact) mass is 325 g/mol. The quantitative estimate of drug-likeness (QED) is 0.753. The molecule has 0 fully saturated rings. The highest BCUT2D eigenvalue weighted by Gasteiger charge is 2.16. The lowest BCUT2D eigenvalue weighted by Gasteiger charge is -2.13. The van der Waals surface area contributed by atoms with Crippen LogP contribution in [0.15, 0.2) is 48.5 Å². The van der Waals surface area contributed by atoms with Crippen molar-refractivity contribution < 1.29 is 14.4 Å². The highest BCUT2D eigenvalue weighted by Crippen LogP contribution is 2.23. The Morgan fingerprint density at radius 3 is 2.04 bits per heavy atom. The van der Waals surface area contributed by atoms with Crippen molar-refractivity contribution in [3.05, 3.63) is 59.7 Å². The second-order valence-corrected chi connectivity index (χ2v) is 5.59. The Kier molecular flexibility index (Phi) is 5.31. The number of benzene rings is 2. The molecular weight excluding hydrogens is 306 g/mol. The number of rotatable bonds is 4. The van der Waals surface area contributed by atoms with Crippen molar-refractivity contribution in [2.24, 2.45) is 5.73 Å². The van der Waals surface area contributed by atoms with Crippen LogP contribution in [0.2, 0.25) is 0 Å². The third-order valence-electron chi connectivity index (χ3n) is 3.46. The van der Waals surface area contributed by atoms with Crippen LogP contribution in [0.4, 0.5) is 11.4 Å². The molecule has 0 heterocycles. The van der Waals surface area contributed by atoms with Gasteiger partial charge in [0, 0.05) is 16.9 Å². The Balaban J connectivity index is 2.05. The maximum Gasteiger partial charge on any atom is 0.314 e. The number of nitrogens with one attached hydrogen (secondary N) is 2. The van der Waals surface area contributed by atoms with E-state index in [1.165, 1.54) is 24.3 Å². The summed E-state index contributed by atoms with van der Waals surface area (Å²) in [4.78, 5) is 35.1. The molecule has 0 saturated heterocycles. The summed E-state index contributed by atoms with van der Waals surface area (Å²) in [5.41, 5.74) is 7.43. The second-order valence-electron chi connectivity index (χ2n) is 5.59. The van der Waals surface area contributed by atoms with Crippen LogP contribution in [0.1, 0.15) is 35.7 Å². The van der Waals surface area contributed by atoms with Crippen molar-refractivity contribution in [3.8, 4) is 0 Å². The lowest BCUT2D eigenvalue weighted by Crippen LogP contribution is -2.29. The van der Waals surface area contributed by atoms with Gasteiger partial charge in [0.2, 0.25) is 5.91 Å². The van der Waals surface area contributed by atoms with Crippen LogP contribution in [0, 0.1) is 0 Å². The molecule has 124 valence electrons. The summed E-state index contributed by atoms with van der Waals surface area (Å²) in [6, 6.07) is 13.3. The summed E-state index contributed by atoms with van der Waals surface area (Å²) in [7, 11) is 0. The van der Waals surface area contributed by atoms with Gasteiger partial charge in [0.1, 0.15) is 0 Å². The predicted octanol–water partition coefficient (Wildman–Crippen LogP) is 2.49. The molecule has 2 rings (SSSR count). The van der Waals surface area contributed by atoms with Gasteiger partial charge in [-0.3, -0.25) is 14.4 Å². The molecule has 3 amide bonds. The SMILES string of the molecule is CC(C)c1ccccc1NC(=O)C(=O)Nc1ccc(C(N)=O)cc1. The summed E-state index contributed by atoms with van der Waals surface area (Å²) < 4.78 is 0.